The number of amides is 2. The third kappa shape index (κ3) is 7.78. The summed E-state index contributed by atoms with van der Waals surface area (Å²) in [5.41, 5.74) is 2.23. The quantitative estimate of drug-likeness (QED) is 0.666. The number of alkyl carbamates (subject to hydrolysis) is 1. The molecule has 162 valence electrons. The summed E-state index contributed by atoms with van der Waals surface area (Å²) in [5, 5.41) is 5.50. The highest BCUT2D eigenvalue weighted by atomic mass is 16.6. The van der Waals surface area contributed by atoms with Crippen molar-refractivity contribution in [1.82, 2.24) is 5.32 Å². The molecule has 2 aromatic carbocycles. The van der Waals surface area contributed by atoms with E-state index in [0.29, 0.717) is 18.0 Å². The second-order valence-corrected chi connectivity index (χ2v) is 8.66. The molecule has 0 bridgehead atoms. The minimum Gasteiger partial charge on any atom is -0.489 e. The molecule has 2 amide bonds. The van der Waals surface area contributed by atoms with Gasteiger partial charge >= 0.3 is 6.09 Å². The number of hydrogen-bond acceptors (Lipinski definition) is 4. The van der Waals surface area contributed by atoms with Gasteiger partial charge in [0.1, 0.15) is 24.0 Å². The first-order chi connectivity index (χ1) is 14.0. The molecule has 0 spiro atoms. The third-order valence-corrected chi connectivity index (χ3v) is 4.25. The van der Waals surface area contributed by atoms with Crippen LogP contribution in [0, 0.1) is 12.8 Å². The van der Waals surface area contributed by atoms with E-state index in [1.54, 1.807) is 32.9 Å². The second kappa shape index (κ2) is 10.1. The lowest BCUT2D eigenvalue weighted by atomic mass is 10.0. The van der Waals surface area contributed by atoms with Crippen LogP contribution < -0.4 is 15.4 Å². The fraction of sp³-hybridized carbons (Fsp3) is 0.417. The Morgan fingerprint density at radius 2 is 1.70 bits per heavy atom. The molecule has 2 aromatic rings. The molecule has 0 heterocycles. The van der Waals surface area contributed by atoms with Crippen LogP contribution in [0.5, 0.6) is 5.75 Å². The van der Waals surface area contributed by atoms with Crippen molar-refractivity contribution in [3.05, 3.63) is 59.7 Å². The molecule has 30 heavy (non-hydrogen) atoms. The molecule has 0 fully saturated rings. The van der Waals surface area contributed by atoms with Gasteiger partial charge in [-0.1, -0.05) is 49.7 Å². The van der Waals surface area contributed by atoms with E-state index in [0.717, 1.165) is 5.56 Å². The highest BCUT2D eigenvalue weighted by Gasteiger charge is 2.27. The fourth-order valence-electron chi connectivity index (χ4n) is 2.70. The smallest absolute Gasteiger partial charge is 0.408 e. The molecule has 0 unspecified atom stereocenters. The lowest BCUT2D eigenvalue weighted by molar-refractivity contribution is -0.119. The summed E-state index contributed by atoms with van der Waals surface area (Å²) in [6, 6.07) is 14.6. The monoisotopic (exact) mass is 412 g/mol. The maximum Gasteiger partial charge on any atom is 0.408 e. The number of carbonyl (C=O) groups is 2. The maximum atomic E-state index is 12.8. The Hall–Kier alpha value is -3.02. The maximum absolute atomic E-state index is 12.8. The summed E-state index contributed by atoms with van der Waals surface area (Å²) >= 11 is 0. The zero-order valence-electron chi connectivity index (χ0n) is 18.6. The van der Waals surface area contributed by atoms with Crippen molar-refractivity contribution in [2.45, 2.75) is 59.8 Å². The van der Waals surface area contributed by atoms with Crippen LogP contribution in [0.4, 0.5) is 10.5 Å². The van der Waals surface area contributed by atoms with Gasteiger partial charge in [-0.05, 0) is 51.3 Å². The van der Waals surface area contributed by atoms with E-state index in [9.17, 15) is 9.59 Å². The Morgan fingerprint density at radius 3 is 2.30 bits per heavy atom. The molecule has 0 saturated carbocycles. The SMILES string of the molecule is Cc1ccc(COc2cccc(NC(=O)[C@H](NC(=O)OC(C)(C)C)C(C)C)c2)cc1. The Balaban J connectivity index is 1.99. The van der Waals surface area contributed by atoms with Crippen molar-refractivity contribution in [3.8, 4) is 5.75 Å². The first kappa shape index (κ1) is 23.3. The van der Waals surface area contributed by atoms with Crippen LogP contribution in [0.1, 0.15) is 45.7 Å². The van der Waals surface area contributed by atoms with Gasteiger partial charge in [-0.25, -0.2) is 4.79 Å². The normalized spacial score (nSPS) is 12.2. The molecule has 1 atom stereocenters. The molecule has 0 saturated heterocycles. The predicted octanol–water partition coefficient (Wildman–Crippen LogP) is 5.06. The molecule has 0 aliphatic heterocycles. The molecule has 0 radical (unpaired) electrons. The van der Waals surface area contributed by atoms with Crippen LogP contribution in [-0.2, 0) is 16.1 Å². The lowest BCUT2D eigenvalue weighted by Crippen LogP contribution is -2.48. The summed E-state index contributed by atoms with van der Waals surface area (Å²) < 4.78 is 11.1. The highest BCUT2D eigenvalue weighted by molar-refractivity contribution is 5.96. The van der Waals surface area contributed by atoms with Gasteiger partial charge in [0.25, 0.3) is 0 Å². The summed E-state index contributed by atoms with van der Waals surface area (Å²) in [7, 11) is 0. The van der Waals surface area contributed by atoms with Crippen molar-refractivity contribution in [2.24, 2.45) is 5.92 Å². The third-order valence-electron chi connectivity index (χ3n) is 4.25. The van der Waals surface area contributed by atoms with Gasteiger partial charge in [0.15, 0.2) is 0 Å². The van der Waals surface area contributed by atoms with Crippen LogP contribution in [0.25, 0.3) is 0 Å². The van der Waals surface area contributed by atoms with Crippen molar-refractivity contribution in [2.75, 3.05) is 5.32 Å². The Bertz CT molecular complexity index is 854. The first-order valence-electron chi connectivity index (χ1n) is 10.1. The molecule has 0 aromatic heterocycles. The highest BCUT2D eigenvalue weighted by Crippen LogP contribution is 2.20. The zero-order valence-corrected chi connectivity index (χ0v) is 18.6. The molecular weight excluding hydrogens is 380 g/mol. The molecular formula is C24H32N2O4. The van der Waals surface area contributed by atoms with Crippen molar-refractivity contribution < 1.29 is 19.1 Å². The first-order valence-corrected chi connectivity index (χ1v) is 10.1. The van der Waals surface area contributed by atoms with Crippen molar-refractivity contribution in [1.29, 1.82) is 0 Å². The largest absolute Gasteiger partial charge is 0.489 e. The lowest BCUT2D eigenvalue weighted by Gasteiger charge is -2.25. The van der Waals surface area contributed by atoms with Crippen LogP contribution >= 0.6 is 0 Å². The number of hydrogen-bond donors (Lipinski definition) is 2. The average molecular weight is 413 g/mol. The van der Waals surface area contributed by atoms with Gasteiger partial charge in [0.2, 0.25) is 5.91 Å². The topological polar surface area (TPSA) is 76.7 Å². The van der Waals surface area contributed by atoms with E-state index in [1.165, 1.54) is 5.56 Å². The number of aryl methyl sites for hydroxylation is 1. The van der Waals surface area contributed by atoms with E-state index >= 15 is 0 Å². The molecule has 0 aliphatic carbocycles. The molecule has 6 nitrogen and oxygen atoms in total. The number of ether oxygens (including phenoxy) is 2. The summed E-state index contributed by atoms with van der Waals surface area (Å²) in [4.78, 5) is 24.8. The van der Waals surface area contributed by atoms with E-state index in [4.69, 9.17) is 9.47 Å². The number of rotatable bonds is 7. The molecule has 0 aliphatic rings. The van der Waals surface area contributed by atoms with Crippen molar-refractivity contribution in [3.63, 3.8) is 0 Å². The van der Waals surface area contributed by atoms with E-state index in [1.807, 2.05) is 57.2 Å². The van der Waals surface area contributed by atoms with Gasteiger partial charge < -0.3 is 20.1 Å². The number of benzene rings is 2. The molecule has 2 N–H and O–H groups in total. The molecule has 2 rings (SSSR count). The van der Waals surface area contributed by atoms with Crippen molar-refractivity contribution >= 4 is 17.7 Å². The summed E-state index contributed by atoms with van der Waals surface area (Å²) in [6.07, 6.45) is -0.619. The number of nitrogens with one attached hydrogen (secondary N) is 2. The average Bonchev–Trinajstić information content (AvgIpc) is 2.64. The van der Waals surface area contributed by atoms with Crippen LogP contribution in [0.3, 0.4) is 0 Å². The van der Waals surface area contributed by atoms with E-state index in [-0.39, 0.29) is 11.8 Å². The predicted molar refractivity (Wildman–Crippen MR) is 119 cm³/mol. The minimum absolute atomic E-state index is 0.113. The van der Waals surface area contributed by atoms with Crippen LogP contribution in [-0.4, -0.2) is 23.6 Å². The fourth-order valence-corrected chi connectivity index (χ4v) is 2.70. The van der Waals surface area contributed by atoms with Gasteiger partial charge in [0.05, 0.1) is 0 Å². The zero-order chi connectivity index (χ0) is 22.3. The summed E-state index contributed by atoms with van der Waals surface area (Å²) in [6.45, 7) is 11.5. The van der Waals surface area contributed by atoms with Gasteiger partial charge in [-0.15, -0.1) is 0 Å². The summed E-state index contributed by atoms with van der Waals surface area (Å²) in [5.74, 6) is 0.222. The standard InChI is InChI=1S/C24H32N2O4/c1-16(2)21(26-23(28)30-24(4,5)6)22(27)25-19-8-7-9-20(14-19)29-15-18-12-10-17(3)11-13-18/h7-14,16,21H,15H2,1-6H3,(H,25,27)(H,26,28)/t21-/m1/s1. The van der Waals surface area contributed by atoms with E-state index in [2.05, 4.69) is 10.6 Å². The Morgan fingerprint density at radius 1 is 1.03 bits per heavy atom. The second-order valence-electron chi connectivity index (χ2n) is 8.66. The van der Waals surface area contributed by atoms with Gasteiger partial charge in [-0.2, -0.15) is 0 Å². The van der Waals surface area contributed by atoms with Gasteiger partial charge in [-0.3, -0.25) is 4.79 Å². The van der Waals surface area contributed by atoms with Gasteiger partial charge in [0, 0.05) is 11.8 Å². The minimum atomic E-state index is -0.725. The number of anilines is 1. The van der Waals surface area contributed by atoms with Crippen LogP contribution in [0.15, 0.2) is 48.5 Å². The molecule has 6 heteroatoms. The number of carbonyl (C=O) groups excluding carboxylic acids is 2. The van der Waals surface area contributed by atoms with Crippen LogP contribution in [0.2, 0.25) is 0 Å². The van der Waals surface area contributed by atoms with E-state index < -0.39 is 17.7 Å². The Labute approximate surface area is 179 Å². The Kier molecular flexibility index (Phi) is 7.86.